The molecule has 186 valence electrons. The Kier molecular flexibility index (Phi) is 4.87. The average molecular weight is 494 g/mol. The first kappa shape index (κ1) is 22.9. The zero-order chi connectivity index (χ0) is 26.1. The predicted molar refractivity (Wildman–Crippen MR) is 160 cm³/mol. The SMILES string of the molecule is CC1(C)c2ccccc2-c2c(ccc3oc4ccc(N(c5ccccc5)c5ccccc5)cc4c23)C1(C)C. The van der Waals surface area contributed by atoms with Crippen LogP contribution >= 0.6 is 0 Å². The largest absolute Gasteiger partial charge is 0.456 e. The maximum absolute atomic E-state index is 6.48. The van der Waals surface area contributed by atoms with E-state index >= 15 is 0 Å². The van der Waals surface area contributed by atoms with E-state index < -0.39 is 0 Å². The van der Waals surface area contributed by atoms with Gasteiger partial charge in [0.1, 0.15) is 11.2 Å². The molecule has 2 nitrogen and oxygen atoms in total. The van der Waals surface area contributed by atoms with Gasteiger partial charge in [-0.15, -0.1) is 0 Å². The van der Waals surface area contributed by atoms with Crippen LogP contribution in [0.25, 0.3) is 33.1 Å². The molecule has 0 aliphatic heterocycles. The standard InChI is InChI=1S/C36H31NO/c1-35(2)29-18-12-11-17-27(29)33-30(36(35,3)4)20-22-32-34(33)28-23-26(19-21-31(28)38-32)37(24-13-7-5-8-14-24)25-15-9-6-10-16-25/h5-23H,1-4H3. The highest BCUT2D eigenvalue weighted by atomic mass is 16.3. The predicted octanol–water partition coefficient (Wildman–Crippen LogP) is 10.3. The molecule has 0 atom stereocenters. The molecule has 1 aliphatic carbocycles. The van der Waals surface area contributed by atoms with Gasteiger partial charge in [0, 0.05) is 27.8 Å². The molecule has 0 saturated heterocycles. The van der Waals surface area contributed by atoms with Crippen LogP contribution in [0, 0.1) is 0 Å². The molecule has 0 unspecified atom stereocenters. The van der Waals surface area contributed by atoms with Crippen molar-refractivity contribution in [1.82, 2.24) is 0 Å². The minimum atomic E-state index is -0.0494. The number of benzene rings is 5. The van der Waals surface area contributed by atoms with Crippen molar-refractivity contribution in [3.63, 3.8) is 0 Å². The Morgan fingerprint density at radius 1 is 0.526 bits per heavy atom. The third kappa shape index (κ3) is 3.13. The Balaban J connectivity index is 1.54. The molecule has 2 heteroatoms. The van der Waals surface area contributed by atoms with Crippen LogP contribution in [0.5, 0.6) is 0 Å². The van der Waals surface area contributed by atoms with Gasteiger partial charge in [0.25, 0.3) is 0 Å². The van der Waals surface area contributed by atoms with Crippen LogP contribution in [0.1, 0.15) is 38.8 Å². The van der Waals surface area contributed by atoms with Crippen LogP contribution in [-0.4, -0.2) is 0 Å². The quantitative estimate of drug-likeness (QED) is 0.244. The van der Waals surface area contributed by atoms with E-state index in [-0.39, 0.29) is 10.8 Å². The van der Waals surface area contributed by atoms with Crippen molar-refractivity contribution in [2.45, 2.75) is 38.5 Å². The average Bonchev–Trinajstić information content (AvgIpc) is 3.31. The van der Waals surface area contributed by atoms with Crippen molar-refractivity contribution in [3.05, 3.63) is 126 Å². The summed E-state index contributed by atoms with van der Waals surface area (Å²) < 4.78 is 6.48. The minimum Gasteiger partial charge on any atom is -0.456 e. The van der Waals surface area contributed by atoms with Gasteiger partial charge in [-0.25, -0.2) is 0 Å². The lowest BCUT2D eigenvalue weighted by molar-refractivity contribution is 0.299. The van der Waals surface area contributed by atoms with E-state index in [0.29, 0.717) is 0 Å². The van der Waals surface area contributed by atoms with Crippen LogP contribution in [0.15, 0.2) is 120 Å². The highest BCUT2D eigenvalue weighted by molar-refractivity contribution is 6.15. The molecule has 1 heterocycles. The maximum Gasteiger partial charge on any atom is 0.136 e. The molecule has 0 bridgehead atoms. The summed E-state index contributed by atoms with van der Waals surface area (Å²) >= 11 is 0. The second-order valence-electron chi connectivity index (χ2n) is 11.4. The first-order valence-electron chi connectivity index (χ1n) is 13.4. The van der Waals surface area contributed by atoms with Crippen LogP contribution in [0.4, 0.5) is 17.1 Å². The van der Waals surface area contributed by atoms with Crippen LogP contribution in [0.2, 0.25) is 0 Å². The van der Waals surface area contributed by atoms with Crippen molar-refractivity contribution in [1.29, 1.82) is 0 Å². The molecule has 0 N–H and O–H groups in total. The molecule has 1 aromatic heterocycles. The lowest BCUT2D eigenvalue weighted by Gasteiger charge is -2.48. The first-order valence-corrected chi connectivity index (χ1v) is 13.4. The van der Waals surface area contributed by atoms with E-state index in [1.165, 1.54) is 27.6 Å². The Hall–Kier alpha value is -4.30. The zero-order valence-electron chi connectivity index (χ0n) is 22.3. The summed E-state index contributed by atoms with van der Waals surface area (Å²) in [6, 6.07) is 41.1. The summed E-state index contributed by atoms with van der Waals surface area (Å²) in [5.74, 6) is 0. The minimum absolute atomic E-state index is 0.00755. The topological polar surface area (TPSA) is 16.4 Å². The Morgan fingerprint density at radius 3 is 1.79 bits per heavy atom. The molecular weight excluding hydrogens is 462 g/mol. The van der Waals surface area contributed by atoms with Crippen LogP contribution < -0.4 is 4.90 Å². The van der Waals surface area contributed by atoms with Crippen molar-refractivity contribution in [2.24, 2.45) is 0 Å². The third-order valence-electron chi connectivity index (χ3n) is 9.01. The molecule has 0 saturated carbocycles. The van der Waals surface area contributed by atoms with Crippen molar-refractivity contribution in [2.75, 3.05) is 4.90 Å². The van der Waals surface area contributed by atoms with Gasteiger partial charge in [0.15, 0.2) is 0 Å². The fourth-order valence-electron chi connectivity index (χ4n) is 6.32. The van der Waals surface area contributed by atoms with E-state index in [4.69, 9.17) is 4.42 Å². The lowest BCUT2D eigenvalue weighted by Crippen LogP contribution is -2.43. The van der Waals surface area contributed by atoms with E-state index in [1.54, 1.807) is 0 Å². The number of hydrogen-bond acceptors (Lipinski definition) is 2. The molecule has 0 spiro atoms. The summed E-state index contributed by atoms with van der Waals surface area (Å²) in [5, 5.41) is 2.35. The summed E-state index contributed by atoms with van der Waals surface area (Å²) in [4.78, 5) is 2.31. The van der Waals surface area contributed by atoms with E-state index in [1.807, 2.05) is 0 Å². The van der Waals surface area contributed by atoms with Gasteiger partial charge in [0.05, 0.1) is 0 Å². The van der Waals surface area contributed by atoms with Crippen molar-refractivity contribution in [3.8, 4) is 11.1 Å². The number of nitrogens with zero attached hydrogens (tertiary/aromatic N) is 1. The van der Waals surface area contributed by atoms with Crippen molar-refractivity contribution < 1.29 is 4.42 Å². The highest BCUT2D eigenvalue weighted by Gasteiger charge is 2.46. The van der Waals surface area contributed by atoms with Crippen LogP contribution in [0.3, 0.4) is 0 Å². The summed E-state index contributed by atoms with van der Waals surface area (Å²) in [6.07, 6.45) is 0. The van der Waals surface area contributed by atoms with Crippen LogP contribution in [-0.2, 0) is 10.8 Å². The monoisotopic (exact) mass is 493 g/mol. The molecule has 0 radical (unpaired) electrons. The van der Waals surface area contributed by atoms with Gasteiger partial charge < -0.3 is 9.32 Å². The highest BCUT2D eigenvalue weighted by Crippen LogP contribution is 2.56. The summed E-state index contributed by atoms with van der Waals surface area (Å²) in [7, 11) is 0. The number of hydrogen-bond donors (Lipinski definition) is 0. The number of para-hydroxylation sites is 2. The van der Waals surface area contributed by atoms with Gasteiger partial charge in [-0.1, -0.05) is 94.4 Å². The van der Waals surface area contributed by atoms with E-state index in [2.05, 4.69) is 148 Å². The summed E-state index contributed by atoms with van der Waals surface area (Å²) in [6.45, 7) is 9.52. The molecular formula is C36H31NO. The number of furan rings is 1. The second kappa shape index (κ2) is 8.10. The molecule has 7 rings (SSSR count). The third-order valence-corrected chi connectivity index (χ3v) is 9.01. The molecule has 0 amide bonds. The van der Waals surface area contributed by atoms with Gasteiger partial charge in [0.2, 0.25) is 0 Å². The number of fused-ring (bicyclic) bond motifs is 7. The van der Waals surface area contributed by atoms with Gasteiger partial charge >= 0.3 is 0 Å². The molecule has 38 heavy (non-hydrogen) atoms. The van der Waals surface area contributed by atoms with E-state index in [9.17, 15) is 0 Å². The van der Waals surface area contributed by atoms with E-state index in [0.717, 1.165) is 33.6 Å². The Labute approximate surface area is 224 Å². The first-order chi connectivity index (χ1) is 18.4. The summed E-state index contributed by atoms with van der Waals surface area (Å²) in [5.41, 5.74) is 10.6. The number of rotatable bonds is 3. The molecule has 6 aromatic rings. The normalized spacial score (nSPS) is 15.3. The van der Waals surface area contributed by atoms with Gasteiger partial charge in [-0.3, -0.25) is 0 Å². The Bertz CT molecular complexity index is 1770. The van der Waals surface area contributed by atoms with Crippen molar-refractivity contribution >= 4 is 39.0 Å². The molecule has 5 aromatic carbocycles. The molecule has 0 fully saturated rings. The molecule has 1 aliphatic rings. The van der Waals surface area contributed by atoms with Gasteiger partial charge in [-0.2, -0.15) is 0 Å². The zero-order valence-corrected chi connectivity index (χ0v) is 22.3. The fourth-order valence-corrected chi connectivity index (χ4v) is 6.32. The van der Waals surface area contributed by atoms with Gasteiger partial charge in [-0.05, 0) is 81.6 Å². The Morgan fingerprint density at radius 2 is 1.11 bits per heavy atom. The maximum atomic E-state index is 6.48. The number of anilines is 3. The second-order valence-corrected chi connectivity index (χ2v) is 11.4. The fraction of sp³-hybridized carbons (Fsp3) is 0.167. The smallest absolute Gasteiger partial charge is 0.136 e. The lowest BCUT2D eigenvalue weighted by atomic mass is 9.55.